The van der Waals surface area contributed by atoms with Gasteiger partial charge in [-0.25, -0.2) is 9.10 Å². The van der Waals surface area contributed by atoms with Crippen molar-refractivity contribution in [3.8, 4) is 5.75 Å². The first kappa shape index (κ1) is 22.7. The van der Waals surface area contributed by atoms with Gasteiger partial charge >= 0.3 is 6.03 Å². The number of benzene rings is 3. The van der Waals surface area contributed by atoms with Crippen LogP contribution in [0.1, 0.15) is 28.9 Å². The van der Waals surface area contributed by atoms with Crippen molar-refractivity contribution in [2.45, 2.75) is 13.0 Å². The molecule has 0 radical (unpaired) electrons. The van der Waals surface area contributed by atoms with Crippen LogP contribution in [0, 0.1) is 0 Å². The van der Waals surface area contributed by atoms with Gasteiger partial charge in [0.2, 0.25) is 0 Å². The third-order valence-corrected chi connectivity index (χ3v) is 5.56. The van der Waals surface area contributed by atoms with Gasteiger partial charge in [0.05, 0.1) is 24.4 Å². The standard InChI is InChI=1S/C23H22BrN3O3S/c1-15(16-7-9-17(24)10-8-16)25-23(29)27(31)19-13-11-18(12-14-19)26-22(28)20-5-3-4-6-21(20)30-2/h3-15,31H,1-2H3,(H,25,29)(H,26,28)/t15-/m1/s1. The number of hydrogen-bond acceptors (Lipinski definition) is 4. The molecule has 31 heavy (non-hydrogen) atoms. The monoisotopic (exact) mass is 499 g/mol. The van der Waals surface area contributed by atoms with Gasteiger partial charge in [0.1, 0.15) is 5.75 Å². The van der Waals surface area contributed by atoms with Crippen LogP contribution in [0.3, 0.4) is 0 Å². The number of carbonyl (C=O) groups excluding carboxylic acids is 2. The number of rotatable bonds is 6. The van der Waals surface area contributed by atoms with E-state index in [0.29, 0.717) is 22.7 Å². The highest BCUT2D eigenvalue weighted by molar-refractivity contribution is 9.10. The molecule has 8 heteroatoms. The predicted molar refractivity (Wildman–Crippen MR) is 130 cm³/mol. The van der Waals surface area contributed by atoms with Crippen LogP contribution in [0.4, 0.5) is 16.2 Å². The van der Waals surface area contributed by atoms with E-state index in [1.165, 1.54) is 11.4 Å². The number of urea groups is 1. The second kappa shape index (κ2) is 10.4. The molecule has 0 spiro atoms. The molecule has 160 valence electrons. The first-order valence-corrected chi connectivity index (χ1v) is 10.7. The summed E-state index contributed by atoms with van der Waals surface area (Å²) in [5.41, 5.74) is 2.57. The quantitative estimate of drug-likeness (QED) is 0.373. The summed E-state index contributed by atoms with van der Waals surface area (Å²) in [5.74, 6) is 0.212. The minimum absolute atomic E-state index is 0.185. The summed E-state index contributed by atoms with van der Waals surface area (Å²) in [6, 6.07) is 21.0. The van der Waals surface area contributed by atoms with Gasteiger partial charge < -0.3 is 15.4 Å². The molecule has 3 amide bonds. The maximum atomic E-state index is 12.6. The average Bonchev–Trinajstić information content (AvgIpc) is 2.79. The number of anilines is 2. The molecule has 0 saturated heterocycles. The molecule has 0 aliphatic heterocycles. The van der Waals surface area contributed by atoms with Crippen molar-refractivity contribution in [1.29, 1.82) is 0 Å². The number of methoxy groups -OCH3 is 1. The van der Waals surface area contributed by atoms with Crippen LogP contribution in [0.2, 0.25) is 0 Å². The normalized spacial score (nSPS) is 11.4. The minimum Gasteiger partial charge on any atom is -0.496 e. The molecule has 1 atom stereocenters. The van der Waals surface area contributed by atoms with Crippen LogP contribution in [-0.4, -0.2) is 19.0 Å². The van der Waals surface area contributed by atoms with Crippen molar-refractivity contribution in [3.63, 3.8) is 0 Å². The lowest BCUT2D eigenvalue weighted by Crippen LogP contribution is -2.35. The van der Waals surface area contributed by atoms with E-state index in [1.54, 1.807) is 48.5 Å². The van der Waals surface area contributed by atoms with Gasteiger partial charge in [-0.1, -0.05) is 53.0 Å². The highest BCUT2D eigenvalue weighted by atomic mass is 79.9. The Bertz CT molecular complexity index is 1060. The summed E-state index contributed by atoms with van der Waals surface area (Å²) in [6.07, 6.45) is 0. The Morgan fingerprint density at radius 3 is 2.29 bits per heavy atom. The van der Waals surface area contributed by atoms with Crippen molar-refractivity contribution in [2.24, 2.45) is 0 Å². The van der Waals surface area contributed by atoms with Gasteiger partial charge in [-0.3, -0.25) is 4.79 Å². The van der Waals surface area contributed by atoms with Crippen molar-refractivity contribution in [3.05, 3.63) is 88.4 Å². The zero-order chi connectivity index (χ0) is 22.4. The number of thiol groups is 1. The number of para-hydroxylation sites is 1. The largest absolute Gasteiger partial charge is 0.496 e. The molecule has 3 aromatic rings. The SMILES string of the molecule is COc1ccccc1C(=O)Nc1ccc(N(S)C(=O)N[C@H](C)c2ccc(Br)cc2)cc1. The van der Waals surface area contributed by atoms with Crippen molar-refractivity contribution >= 4 is 52.1 Å². The summed E-state index contributed by atoms with van der Waals surface area (Å²) >= 11 is 7.72. The molecule has 0 aliphatic carbocycles. The number of hydrogen-bond donors (Lipinski definition) is 3. The second-order valence-corrected chi connectivity index (χ2v) is 8.05. The van der Waals surface area contributed by atoms with Crippen LogP contribution in [0.5, 0.6) is 5.75 Å². The van der Waals surface area contributed by atoms with E-state index in [0.717, 1.165) is 10.0 Å². The maximum Gasteiger partial charge on any atom is 0.332 e. The summed E-state index contributed by atoms with van der Waals surface area (Å²) in [6.45, 7) is 1.90. The Morgan fingerprint density at radius 2 is 1.65 bits per heavy atom. The molecule has 3 rings (SSSR count). The van der Waals surface area contributed by atoms with Crippen LogP contribution in [0.25, 0.3) is 0 Å². The van der Waals surface area contributed by atoms with Crippen molar-refractivity contribution in [1.82, 2.24) is 5.32 Å². The van der Waals surface area contributed by atoms with E-state index in [2.05, 4.69) is 39.4 Å². The lowest BCUT2D eigenvalue weighted by Gasteiger charge is -2.21. The summed E-state index contributed by atoms with van der Waals surface area (Å²) in [4.78, 5) is 25.1. The molecular formula is C23H22BrN3O3S. The summed E-state index contributed by atoms with van der Waals surface area (Å²) < 4.78 is 7.42. The van der Waals surface area contributed by atoms with Crippen LogP contribution in [0.15, 0.2) is 77.3 Å². The van der Waals surface area contributed by atoms with E-state index in [9.17, 15) is 9.59 Å². The Morgan fingerprint density at radius 1 is 1.00 bits per heavy atom. The Hall–Kier alpha value is -2.97. The molecule has 0 bridgehead atoms. The van der Waals surface area contributed by atoms with Crippen molar-refractivity contribution in [2.75, 3.05) is 16.7 Å². The molecule has 3 aromatic carbocycles. The fraction of sp³-hybridized carbons (Fsp3) is 0.130. The molecule has 0 heterocycles. The highest BCUT2D eigenvalue weighted by Gasteiger charge is 2.16. The van der Waals surface area contributed by atoms with E-state index >= 15 is 0 Å². The maximum absolute atomic E-state index is 12.6. The highest BCUT2D eigenvalue weighted by Crippen LogP contribution is 2.23. The van der Waals surface area contributed by atoms with Gasteiger partial charge in [0.15, 0.2) is 0 Å². The Labute approximate surface area is 195 Å². The van der Waals surface area contributed by atoms with Crippen molar-refractivity contribution < 1.29 is 14.3 Å². The molecular weight excluding hydrogens is 478 g/mol. The zero-order valence-electron chi connectivity index (χ0n) is 17.0. The number of ether oxygens (including phenoxy) is 1. The van der Waals surface area contributed by atoms with Crippen LogP contribution in [-0.2, 0) is 0 Å². The van der Waals surface area contributed by atoms with Gasteiger partial charge in [0.25, 0.3) is 5.91 Å². The van der Waals surface area contributed by atoms with E-state index < -0.39 is 0 Å². The molecule has 2 N–H and O–H groups in total. The first-order chi connectivity index (χ1) is 14.9. The number of carbonyl (C=O) groups is 2. The van der Waals surface area contributed by atoms with Crippen LogP contribution < -0.4 is 19.7 Å². The fourth-order valence-corrected chi connectivity index (χ4v) is 3.37. The van der Waals surface area contributed by atoms with E-state index in [1.807, 2.05) is 31.2 Å². The van der Waals surface area contributed by atoms with E-state index in [4.69, 9.17) is 4.74 Å². The van der Waals surface area contributed by atoms with Gasteiger partial charge in [-0.05, 0) is 61.0 Å². The minimum atomic E-state index is -0.357. The lowest BCUT2D eigenvalue weighted by molar-refractivity contribution is 0.102. The summed E-state index contributed by atoms with van der Waals surface area (Å²) in [5, 5.41) is 5.73. The molecule has 0 fully saturated rings. The molecule has 0 saturated carbocycles. The number of amides is 3. The summed E-state index contributed by atoms with van der Waals surface area (Å²) in [7, 11) is 1.52. The Balaban J connectivity index is 1.62. The van der Waals surface area contributed by atoms with Gasteiger partial charge in [0, 0.05) is 10.2 Å². The third-order valence-electron chi connectivity index (χ3n) is 4.62. The van der Waals surface area contributed by atoms with Crippen LogP contribution >= 0.6 is 28.7 Å². The molecule has 0 aromatic heterocycles. The molecule has 0 aliphatic rings. The number of nitrogens with one attached hydrogen (secondary N) is 2. The van der Waals surface area contributed by atoms with Gasteiger partial charge in [-0.15, -0.1) is 0 Å². The second-order valence-electron chi connectivity index (χ2n) is 6.74. The molecule has 6 nitrogen and oxygen atoms in total. The van der Waals surface area contributed by atoms with Gasteiger partial charge in [-0.2, -0.15) is 0 Å². The number of halogens is 1. The zero-order valence-corrected chi connectivity index (χ0v) is 19.5. The smallest absolute Gasteiger partial charge is 0.332 e. The first-order valence-electron chi connectivity index (χ1n) is 9.48. The fourth-order valence-electron chi connectivity index (χ4n) is 2.92. The Kier molecular flexibility index (Phi) is 7.59. The third kappa shape index (κ3) is 5.80. The number of nitrogens with zero attached hydrogens (tertiary/aromatic N) is 1. The lowest BCUT2D eigenvalue weighted by atomic mass is 10.1. The topological polar surface area (TPSA) is 70.7 Å². The van der Waals surface area contributed by atoms with E-state index in [-0.39, 0.29) is 18.0 Å². The molecule has 0 unspecified atom stereocenters. The predicted octanol–water partition coefficient (Wildman–Crippen LogP) is 5.83. The average molecular weight is 500 g/mol.